The molecule has 1 aliphatic heterocycles. The second-order valence-corrected chi connectivity index (χ2v) is 6.57. The second-order valence-electron chi connectivity index (χ2n) is 6.57. The number of rotatable bonds is 5. The summed E-state index contributed by atoms with van der Waals surface area (Å²) in [5.74, 6) is 1.39. The molecule has 0 bridgehead atoms. The predicted octanol–water partition coefficient (Wildman–Crippen LogP) is 3.34. The van der Waals surface area contributed by atoms with E-state index in [-0.39, 0.29) is 0 Å². The molecule has 0 amide bonds. The molecule has 2 heteroatoms. The van der Waals surface area contributed by atoms with Gasteiger partial charge in [-0.2, -0.15) is 0 Å². The molecular weight excluding hydrogens is 244 g/mol. The summed E-state index contributed by atoms with van der Waals surface area (Å²) in [6, 6.07) is 7.02. The van der Waals surface area contributed by atoms with Gasteiger partial charge in [0.2, 0.25) is 0 Å². The van der Waals surface area contributed by atoms with Crippen LogP contribution in [0, 0.1) is 19.8 Å². The van der Waals surface area contributed by atoms with Crippen molar-refractivity contribution >= 4 is 0 Å². The highest BCUT2D eigenvalue weighted by atomic mass is 15.2. The van der Waals surface area contributed by atoms with Crippen molar-refractivity contribution in [2.75, 3.05) is 32.7 Å². The fourth-order valence-electron chi connectivity index (χ4n) is 3.14. The molecule has 2 rings (SSSR count). The first-order chi connectivity index (χ1) is 9.58. The summed E-state index contributed by atoms with van der Waals surface area (Å²) in [5, 5.41) is 3.43. The summed E-state index contributed by atoms with van der Waals surface area (Å²) >= 11 is 0. The van der Waals surface area contributed by atoms with E-state index in [4.69, 9.17) is 0 Å². The van der Waals surface area contributed by atoms with Crippen LogP contribution in [-0.2, 0) is 0 Å². The van der Waals surface area contributed by atoms with Crippen molar-refractivity contribution in [3.05, 3.63) is 34.9 Å². The zero-order valence-electron chi connectivity index (χ0n) is 13.6. The third kappa shape index (κ3) is 4.07. The quantitative estimate of drug-likeness (QED) is 0.886. The Morgan fingerprint density at radius 1 is 1.10 bits per heavy atom. The van der Waals surface area contributed by atoms with E-state index < -0.39 is 0 Å². The maximum absolute atomic E-state index is 3.43. The van der Waals surface area contributed by atoms with Crippen molar-refractivity contribution in [3.63, 3.8) is 0 Å². The summed E-state index contributed by atoms with van der Waals surface area (Å²) in [6.45, 7) is 15.1. The molecule has 0 radical (unpaired) electrons. The van der Waals surface area contributed by atoms with Gasteiger partial charge in [0.1, 0.15) is 0 Å². The number of benzene rings is 1. The molecule has 1 saturated heterocycles. The minimum Gasteiger partial charge on any atom is -0.314 e. The molecule has 0 aliphatic carbocycles. The van der Waals surface area contributed by atoms with Crippen molar-refractivity contribution < 1.29 is 0 Å². The molecule has 1 aromatic rings. The Kier molecular flexibility index (Phi) is 5.62. The highest BCUT2D eigenvalue weighted by Crippen LogP contribution is 2.29. The normalized spacial score (nSPS) is 18.4. The summed E-state index contributed by atoms with van der Waals surface area (Å²) in [5.41, 5.74) is 4.35. The SMILES string of the molecule is Cc1ccc(C(CCN2CCNCC2)C(C)C)cc1C. The Labute approximate surface area is 124 Å². The Morgan fingerprint density at radius 3 is 2.40 bits per heavy atom. The lowest BCUT2D eigenvalue weighted by Crippen LogP contribution is -2.44. The molecule has 1 atom stereocenters. The van der Waals surface area contributed by atoms with Crippen LogP contribution in [0.5, 0.6) is 0 Å². The van der Waals surface area contributed by atoms with Crippen molar-refractivity contribution in [1.82, 2.24) is 10.2 Å². The number of aryl methyl sites for hydroxylation is 2. The average Bonchev–Trinajstić information content (AvgIpc) is 2.43. The topological polar surface area (TPSA) is 15.3 Å². The van der Waals surface area contributed by atoms with Crippen LogP contribution < -0.4 is 5.32 Å². The van der Waals surface area contributed by atoms with E-state index in [9.17, 15) is 0 Å². The summed E-state index contributed by atoms with van der Waals surface area (Å²) in [4.78, 5) is 2.60. The van der Waals surface area contributed by atoms with Crippen LogP contribution in [-0.4, -0.2) is 37.6 Å². The molecule has 0 aromatic heterocycles. The van der Waals surface area contributed by atoms with Crippen molar-refractivity contribution in [1.29, 1.82) is 0 Å². The third-order valence-electron chi connectivity index (χ3n) is 4.73. The van der Waals surface area contributed by atoms with E-state index >= 15 is 0 Å². The maximum Gasteiger partial charge on any atom is 0.0107 e. The summed E-state index contributed by atoms with van der Waals surface area (Å²) < 4.78 is 0. The first kappa shape index (κ1) is 15.5. The zero-order chi connectivity index (χ0) is 14.5. The second kappa shape index (κ2) is 7.24. The molecule has 1 heterocycles. The highest BCUT2D eigenvalue weighted by molar-refractivity contribution is 5.32. The van der Waals surface area contributed by atoms with Crippen LogP contribution in [0.2, 0.25) is 0 Å². The Hall–Kier alpha value is -0.860. The van der Waals surface area contributed by atoms with Gasteiger partial charge in [-0.15, -0.1) is 0 Å². The van der Waals surface area contributed by atoms with Gasteiger partial charge < -0.3 is 10.2 Å². The smallest absolute Gasteiger partial charge is 0.0107 e. The Balaban J connectivity index is 2.00. The lowest BCUT2D eigenvalue weighted by Gasteiger charge is -2.30. The molecular formula is C18H30N2. The summed E-state index contributed by atoms with van der Waals surface area (Å²) in [6.07, 6.45) is 1.28. The lowest BCUT2D eigenvalue weighted by molar-refractivity contribution is 0.226. The zero-order valence-corrected chi connectivity index (χ0v) is 13.6. The van der Waals surface area contributed by atoms with Crippen LogP contribution in [0.1, 0.15) is 42.9 Å². The van der Waals surface area contributed by atoms with Gasteiger partial charge in [0.15, 0.2) is 0 Å². The average molecular weight is 274 g/mol. The molecule has 1 unspecified atom stereocenters. The fraction of sp³-hybridized carbons (Fsp3) is 0.667. The molecule has 1 fully saturated rings. The van der Waals surface area contributed by atoms with E-state index in [0.29, 0.717) is 11.8 Å². The molecule has 112 valence electrons. The van der Waals surface area contributed by atoms with E-state index in [1.165, 1.54) is 42.7 Å². The Bertz CT molecular complexity index is 419. The lowest BCUT2D eigenvalue weighted by atomic mass is 9.84. The van der Waals surface area contributed by atoms with Gasteiger partial charge in [0, 0.05) is 26.2 Å². The number of hydrogen-bond acceptors (Lipinski definition) is 2. The first-order valence-corrected chi connectivity index (χ1v) is 8.08. The van der Waals surface area contributed by atoms with E-state index in [0.717, 1.165) is 13.1 Å². The van der Waals surface area contributed by atoms with E-state index in [1.54, 1.807) is 0 Å². The maximum atomic E-state index is 3.43. The minimum absolute atomic E-state index is 0.684. The van der Waals surface area contributed by atoms with Gasteiger partial charge >= 0.3 is 0 Å². The first-order valence-electron chi connectivity index (χ1n) is 8.08. The number of piperazine rings is 1. The van der Waals surface area contributed by atoms with Gasteiger partial charge in [0.25, 0.3) is 0 Å². The molecule has 0 saturated carbocycles. The van der Waals surface area contributed by atoms with Crippen LogP contribution in [0.3, 0.4) is 0 Å². The van der Waals surface area contributed by atoms with Crippen LogP contribution in [0.25, 0.3) is 0 Å². The van der Waals surface area contributed by atoms with Crippen molar-refractivity contribution in [3.8, 4) is 0 Å². The number of nitrogens with zero attached hydrogens (tertiary/aromatic N) is 1. The molecule has 1 aromatic carbocycles. The van der Waals surface area contributed by atoms with Gasteiger partial charge in [0.05, 0.1) is 0 Å². The molecule has 1 aliphatic rings. The highest BCUT2D eigenvalue weighted by Gasteiger charge is 2.18. The minimum atomic E-state index is 0.684. The molecule has 0 spiro atoms. The molecule has 2 nitrogen and oxygen atoms in total. The van der Waals surface area contributed by atoms with E-state index in [2.05, 4.69) is 56.1 Å². The van der Waals surface area contributed by atoms with Gasteiger partial charge in [-0.25, -0.2) is 0 Å². The predicted molar refractivity (Wildman–Crippen MR) is 87.4 cm³/mol. The Morgan fingerprint density at radius 2 is 1.80 bits per heavy atom. The summed E-state index contributed by atoms with van der Waals surface area (Å²) in [7, 11) is 0. The van der Waals surface area contributed by atoms with Crippen LogP contribution in [0.15, 0.2) is 18.2 Å². The third-order valence-corrected chi connectivity index (χ3v) is 4.73. The molecule has 20 heavy (non-hydrogen) atoms. The fourth-order valence-corrected chi connectivity index (χ4v) is 3.14. The van der Waals surface area contributed by atoms with Crippen LogP contribution >= 0.6 is 0 Å². The largest absolute Gasteiger partial charge is 0.314 e. The van der Waals surface area contributed by atoms with Gasteiger partial charge in [-0.3, -0.25) is 0 Å². The van der Waals surface area contributed by atoms with E-state index in [1.807, 2.05) is 0 Å². The van der Waals surface area contributed by atoms with Crippen molar-refractivity contribution in [2.24, 2.45) is 5.92 Å². The number of nitrogens with one attached hydrogen (secondary N) is 1. The van der Waals surface area contributed by atoms with Crippen molar-refractivity contribution in [2.45, 2.75) is 40.0 Å². The standard InChI is InChI=1S/C18H30N2/c1-14(2)18(7-10-20-11-8-19-9-12-20)17-6-5-15(3)16(4)13-17/h5-6,13-14,18-19H,7-12H2,1-4H3. The van der Waals surface area contributed by atoms with Crippen LogP contribution in [0.4, 0.5) is 0 Å². The van der Waals surface area contributed by atoms with Gasteiger partial charge in [-0.05, 0) is 55.3 Å². The van der Waals surface area contributed by atoms with Gasteiger partial charge in [-0.1, -0.05) is 32.0 Å². The monoisotopic (exact) mass is 274 g/mol. The molecule has 1 N–H and O–H groups in total. The number of hydrogen-bond donors (Lipinski definition) is 1.